The molecule has 29 heavy (non-hydrogen) atoms. The lowest BCUT2D eigenvalue weighted by atomic mass is 10.0. The molecule has 0 amide bonds. The fourth-order valence-electron chi connectivity index (χ4n) is 2.73. The first-order chi connectivity index (χ1) is 13.9. The second-order valence-corrected chi connectivity index (χ2v) is 6.27. The minimum atomic E-state index is -4.57. The average Bonchev–Trinajstić information content (AvgIpc) is 2.71. The summed E-state index contributed by atoms with van der Waals surface area (Å²) in [6, 6.07) is 16.1. The Morgan fingerprint density at radius 1 is 0.828 bits per heavy atom. The molecular formula is C22H19F4NO2. The molecule has 3 aromatic carbocycles. The Morgan fingerprint density at radius 3 is 2.28 bits per heavy atom. The zero-order valence-electron chi connectivity index (χ0n) is 15.4. The van der Waals surface area contributed by atoms with Gasteiger partial charge < -0.3 is 15.2 Å². The molecule has 2 N–H and O–H groups in total. The quantitative estimate of drug-likeness (QED) is 0.533. The summed E-state index contributed by atoms with van der Waals surface area (Å²) in [5.74, 6) is -0.0956. The van der Waals surface area contributed by atoms with Crippen molar-refractivity contribution in [2.45, 2.75) is 12.8 Å². The molecule has 0 fully saturated rings. The molecule has 152 valence electrons. The monoisotopic (exact) mass is 405 g/mol. The number of hydrogen-bond donors (Lipinski definition) is 1. The molecule has 0 radical (unpaired) electrons. The first-order valence-electron chi connectivity index (χ1n) is 8.89. The lowest BCUT2D eigenvalue weighted by molar-refractivity contribution is -0.137. The number of nitrogens with two attached hydrogens (primary N) is 1. The van der Waals surface area contributed by atoms with Crippen LogP contribution in [0.3, 0.4) is 0 Å². The molecule has 7 heteroatoms. The highest BCUT2D eigenvalue weighted by atomic mass is 19.4. The van der Waals surface area contributed by atoms with Crippen molar-refractivity contribution in [3.63, 3.8) is 0 Å². The Balaban J connectivity index is 1.96. The average molecular weight is 405 g/mol. The minimum Gasteiger partial charge on any atom is -0.488 e. The fourth-order valence-corrected chi connectivity index (χ4v) is 2.73. The van der Waals surface area contributed by atoms with Crippen LogP contribution in [-0.4, -0.2) is 13.2 Å². The van der Waals surface area contributed by atoms with Gasteiger partial charge in [0.2, 0.25) is 0 Å². The molecule has 0 saturated heterocycles. The Bertz CT molecular complexity index is 959. The number of halogens is 4. The lowest BCUT2D eigenvalue weighted by Gasteiger charge is -2.15. The molecule has 3 nitrogen and oxygen atoms in total. The third-order valence-electron chi connectivity index (χ3n) is 4.16. The normalized spacial score (nSPS) is 11.3. The number of alkyl halides is 3. The van der Waals surface area contributed by atoms with E-state index < -0.39 is 17.6 Å². The predicted octanol–water partition coefficient (Wildman–Crippen LogP) is 5.43. The summed E-state index contributed by atoms with van der Waals surface area (Å²) in [6.45, 7) is 0.732. The van der Waals surface area contributed by atoms with E-state index in [0.717, 1.165) is 17.7 Å². The van der Waals surface area contributed by atoms with Gasteiger partial charge in [-0.15, -0.1) is 0 Å². The largest absolute Gasteiger partial charge is 0.488 e. The maximum Gasteiger partial charge on any atom is 0.416 e. The summed E-state index contributed by atoms with van der Waals surface area (Å²) in [5, 5.41) is 0. The first kappa shape index (κ1) is 20.7. The van der Waals surface area contributed by atoms with Gasteiger partial charge in [0.1, 0.15) is 19.0 Å². The molecule has 0 aromatic heterocycles. The molecule has 0 unspecified atom stereocenters. The molecule has 0 aliphatic heterocycles. The summed E-state index contributed by atoms with van der Waals surface area (Å²) in [6.07, 6.45) is -4.57. The van der Waals surface area contributed by atoms with E-state index in [1.165, 1.54) is 18.2 Å². The SMILES string of the molecule is NCCOc1ccc(-c2cc(C(F)(F)F)ccc2F)cc1OCc1ccccc1. The van der Waals surface area contributed by atoms with E-state index in [1.54, 1.807) is 0 Å². The van der Waals surface area contributed by atoms with Crippen LogP contribution in [0.2, 0.25) is 0 Å². The molecule has 0 spiro atoms. The Morgan fingerprint density at radius 2 is 1.59 bits per heavy atom. The van der Waals surface area contributed by atoms with Crippen molar-refractivity contribution < 1.29 is 27.0 Å². The summed E-state index contributed by atoms with van der Waals surface area (Å²) >= 11 is 0. The van der Waals surface area contributed by atoms with Crippen LogP contribution in [0.25, 0.3) is 11.1 Å². The van der Waals surface area contributed by atoms with Crippen LogP contribution >= 0.6 is 0 Å². The summed E-state index contributed by atoms with van der Waals surface area (Å²) < 4.78 is 64.7. The highest BCUT2D eigenvalue weighted by Gasteiger charge is 2.31. The zero-order valence-corrected chi connectivity index (χ0v) is 15.4. The topological polar surface area (TPSA) is 44.5 Å². The van der Waals surface area contributed by atoms with Crippen LogP contribution in [0.5, 0.6) is 11.5 Å². The van der Waals surface area contributed by atoms with Crippen LogP contribution in [0, 0.1) is 5.82 Å². The van der Waals surface area contributed by atoms with Crippen molar-refractivity contribution in [1.82, 2.24) is 0 Å². The molecular weight excluding hydrogens is 386 g/mol. The van der Waals surface area contributed by atoms with Gasteiger partial charge >= 0.3 is 6.18 Å². The zero-order chi connectivity index (χ0) is 20.9. The van der Waals surface area contributed by atoms with Crippen molar-refractivity contribution in [2.24, 2.45) is 5.73 Å². The number of benzene rings is 3. The molecule has 0 aliphatic carbocycles. The Hall–Kier alpha value is -3.06. The van der Waals surface area contributed by atoms with Gasteiger partial charge in [-0.2, -0.15) is 13.2 Å². The predicted molar refractivity (Wildman–Crippen MR) is 102 cm³/mol. The van der Waals surface area contributed by atoms with Gasteiger partial charge in [-0.25, -0.2) is 4.39 Å². The summed E-state index contributed by atoms with van der Waals surface area (Å²) in [7, 11) is 0. The van der Waals surface area contributed by atoms with Gasteiger partial charge in [0.15, 0.2) is 11.5 Å². The summed E-state index contributed by atoms with van der Waals surface area (Å²) in [5.41, 5.74) is 5.51. The third-order valence-corrected chi connectivity index (χ3v) is 4.16. The number of hydrogen-bond acceptors (Lipinski definition) is 3. The highest BCUT2D eigenvalue weighted by Crippen LogP contribution is 2.37. The fraction of sp³-hybridized carbons (Fsp3) is 0.182. The van der Waals surface area contributed by atoms with Crippen LogP contribution in [0.4, 0.5) is 17.6 Å². The van der Waals surface area contributed by atoms with E-state index in [9.17, 15) is 17.6 Å². The molecule has 0 heterocycles. The van der Waals surface area contributed by atoms with E-state index >= 15 is 0 Å². The van der Waals surface area contributed by atoms with Crippen LogP contribution in [0.15, 0.2) is 66.7 Å². The smallest absolute Gasteiger partial charge is 0.416 e. The molecule has 3 rings (SSSR count). The van der Waals surface area contributed by atoms with Gasteiger partial charge in [0.05, 0.1) is 5.56 Å². The van der Waals surface area contributed by atoms with Crippen molar-refractivity contribution in [1.29, 1.82) is 0 Å². The minimum absolute atomic E-state index is 0.172. The number of rotatable bonds is 7. The van der Waals surface area contributed by atoms with Gasteiger partial charge in [-0.05, 0) is 41.5 Å². The van der Waals surface area contributed by atoms with Gasteiger partial charge in [0, 0.05) is 12.1 Å². The molecule has 0 bridgehead atoms. The number of ether oxygens (including phenoxy) is 2. The van der Waals surface area contributed by atoms with Gasteiger partial charge in [-0.3, -0.25) is 0 Å². The molecule has 3 aromatic rings. The Kier molecular flexibility index (Phi) is 6.39. The van der Waals surface area contributed by atoms with Gasteiger partial charge in [0.25, 0.3) is 0 Å². The van der Waals surface area contributed by atoms with E-state index in [2.05, 4.69) is 0 Å². The molecule has 0 atom stereocenters. The van der Waals surface area contributed by atoms with E-state index in [0.29, 0.717) is 11.8 Å². The van der Waals surface area contributed by atoms with Crippen molar-refractivity contribution in [3.05, 3.63) is 83.7 Å². The van der Waals surface area contributed by atoms with Crippen LogP contribution in [-0.2, 0) is 12.8 Å². The van der Waals surface area contributed by atoms with E-state index in [1.807, 2.05) is 30.3 Å². The van der Waals surface area contributed by atoms with E-state index in [4.69, 9.17) is 15.2 Å². The highest BCUT2D eigenvalue weighted by molar-refractivity contribution is 5.68. The van der Waals surface area contributed by atoms with Crippen LogP contribution < -0.4 is 15.2 Å². The summed E-state index contributed by atoms with van der Waals surface area (Å²) in [4.78, 5) is 0. The standard InChI is InChI=1S/C22H19F4NO2/c23-19-8-7-17(22(24,25)26)13-18(19)16-6-9-20(28-11-10-27)21(12-16)29-14-15-4-2-1-3-5-15/h1-9,12-13H,10-11,14,27H2. The second kappa shape index (κ2) is 8.96. The van der Waals surface area contributed by atoms with Crippen molar-refractivity contribution >= 4 is 0 Å². The lowest BCUT2D eigenvalue weighted by Crippen LogP contribution is -2.11. The molecule has 0 saturated carbocycles. The van der Waals surface area contributed by atoms with Crippen LogP contribution in [0.1, 0.15) is 11.1 Å². The van der Waals surface area contributed by atoms with Crippen molar-refractivity contribution in [3.8, 4) is 22.6 Å². The third kappa shape index (κ3) is 5.26. The molecule has 0 aliphatic rings. The first-order valence-corrected chi connectivity index (χ1v) is 8.89. The second-order valence-electron chi connectivity index (χ2n) is 6.27. The maximum atomic E-state index is 14.3. The maximum absolute atomic E-state index is 14.3. The van der Waals surface area contributed by atoms with Gasteiger partial charge in [-0.1, -0.05) is 36.4 Å². The van der Waals surface area contributed by atoms with E-state index in [-0.39, 0.29) is 36.6 Å². The van der Waals surface area contributed by atoms with Crippen molar-refractivity contribution in [2.75, 3.05) is 13.2 Å². The Labute approximate surface area is 165 Å².